The Bertz CT molecular complexity index is 308. The van der Waals surface area contributed by atoms with Crippen LogP contribution < -0.4 is 0 Å². The van der Waals surface area contributed by atoms with Gasteiger partial charge in [0.25, 0.3) is 0 Å². The molecule has 12 heavy (non-hydrogen) atoms. The summed E-state index contributed by atoms with van der Waals surface area (Å²) in [5.74, 6) is 0. The van der Waals surface area contributed by atoms with Gasteiger partial charge in [0.2, 0.25) is 0 Å². The second-order valence-electron chi connectivity index (χ2n) is 3.27. The van der Waals surface area contributed by atoms with Gasteiger partial charge in [0, 0.05) is 25.0 Å². The summed E-state index contributed by atoms with van der Waals surface area (Å²) in [5.41, 5.74) is 0.826. The fourth-order valence-corrected chi connectivity index (χ4v) is 1.25. The third-order valence-electron chi connectivity index (χ3n) is 2.23. The normalized spacial score (nSPS) is 18.2. The van der Waals surface area contributed by atoms with Crippen molar-refractivity contribution in [2.45, 2.75) is 19.3 Å². The van der Waals surface area contributed by atoms with Crippen LogP contribution in [0, 0.1) is 16.7 Å². The third-order valence-corrected chi connectivity index (χ3v) is 2.23. The van der Waals surface area contributed by atoms with Gasteiger partial charge in [-0.1, -0.05) is 0 Å². The maximum atomic E-state index is 8.82. The van der Waals surface area contributed by atoms with E-state index in [1.165, 1.54) is 0 Å². The lowest BCUT2D eigenvalue weighted by atomic mass is 10.0. The van der Waals surface area contributed by atoms with Gasteiger partial charge in [-0.25, -0.2) is 0 Å². The molecule has 0 saturated heterocycles. The van der Waals surface area contributed by atoms with Crippen LogP contribution in [0.25, 0.3) is 0 Å². The van der Waals surface area contributed by atoms with Crippen molar-refractivity contribution in [2.24, 2.45) is 5.41 Å². The molecule has 0 radical (unpaired) electrons. The fraction of sp³-hybridized carbons (Fsp3) is 0.444. The van der Waals surface area contributed by atoms with E-state index in [-0.39, 0.29) is 5.41 Å². The minimum absolute atomic E-state index is 0.101. The van der Waals surface area contributed by atoms with E-state index in [1.54, 1.807) is 18.6 Å². The summed E-state index contributed by atoms with van der Waals surface area (Å²) in [7, 11) is 0. The standard InChI is InChI=1S/C9H9N3/c10-7-9(1-2-9)5-8-6-11-3-4-12-8/h3-4,6H,1-2,5H2. The minimum atomic E-state index is -0.101. The molecular formula is C9H9N3. The molecule has 0 N–H and O–H groups in total. The van der Waals surface area contributed by atoms with E-state index in [1.807, 2.05) is 0 Å². The second-order valence-corrected chi connectivity index (χ2v) is 3.27. The largest absolute Gasteiger partial charge is 0.261 e. The van der Waals surface area contributed by atoms with Crippen LogP contribution in [-0.2, 0) is 6.42 Å². The summed E-state index contributed by atoms with van der Waals surface area (Å²) in [6, 6.07) is 2.33. The van der Waals surface area contributed by atoms with Crippen LogP contribution in [0.2, 0.25) is 0 Å². The Hall–Kier alpha value is -1.43. The minimum Gasteiger partial charge on any atom is -0.261 e. The molecule has 1 aliphatic carbocycles. The quantitative estimate of drug-likeness (QED) is 0.654. The summed E-state index contributed by atoms with van der Waals surface area (Å²) in [5, 5.41) is 8.82. The van der Waals surface area contributed by atoms with Crippen molar-refractivity contribution in [2.75, 3.05) is 0 Å². The number of hydrogen-bond donors (Lipinski definition) is 0. The van der Waals surface area contributed by atoms with E-state index >= 15 is 0 Å². The van der Waals surface area contributed by atoms with Gasteiger partial charge >= 0.3 is 0 Å². The zero-order valence-corrected chi connectivity index (χ0v) is 6.70. The molecule has 3 heteroatoms. The van der Waals surface area contributed by atoms with Crippen LogP contribution in [0.3, 0.4) is 0 Å². The van der Waals surface area contributed by atoms with Crippen molar-refractivity contribution in [1.82, 2.24) is 9.97 Å². The molecule has 0 amide bonds. The summed E-state index contributed by atoms with van der Waals surface area (Å²) in [6.07, 6.45) is 7.84. The first-order chi connectivity index (χ1) is 5.85. The number of hydrogen-bond acceptors (Lipinski definition) is 3. The smallest absolute Gasteiger partial charge is 0.0693 e. The first kappa shape index (κ1) is 7.23. The average Bonchev–Trinajstić information content (AvgIpc) is 2.88. The lowest BCUT2D eigenvalue weighted by Gasteiger charge is -2.02. The molecule has 0 unspecified atom stereocenters. The molecule has 1 aromatic heterocycles. The van der Waals surface area contributed by atoms with Crippen LogP contribution >= 0.6 is 0 Å². The molecule has 0 atom stereocenters. The molecule has 1 aliphatic rings. The van der Waals surface area contributed by atoms with E-state index in [0.717, 1.165) is 25.0 Å². The first-order valence-electron chi connectivity index (χ1n) is 4.01. The number of rotatable bonds is 2. The van der Waals surface area contributed by atoms with E-state index in [2.05, 4.69) is 16.0 Å². The summed E-state index contributed by atoms with van der Waals surface area (Å²) >= 11 is 0. The maximum Gasteiger partial charge on any atom is 0.0693 e. The van der Waals surface area contributed by atoms with Crippen LogP contribution in [0.1, 0.15) is 18.5 Å². The molecular weight excluding hydrogens is 150 g/mol. The van der Waals surface area contributed by atoms with Gasteiger partial charge in [-0.05, 0) is 12.8 Å². The Morgan fingerprint density at radius 3 is 2.83 bits per heavy atom. The molecule has 0 spiro atoms. The Balaban J connectivity index is 2.11. The van der Waals surface area contributed by atoms with Gasteiger partial charge in [0.15, 0.2) is 0 Å². The highest BCUT2D eigenvalue weighted by Gasteiger charge is 2.43. The van der Waals surface area contributed by atoms with Crippen LogP contribution in [0.4, 0.5) is 0 Å². The molecule has 2 rings (SSSR count). The van der Waals surface area contributed by atoms with Crippen molar-refractivity contribution in [3.8, 4) is 6.07 Å². The summed E-state index contributed by atoms with van der Waals surface area (Å²) in [6.45, 7) is 0. The van der Waals surface area contributed by atoms with E-state index in [4.69, 9.17) is 5.26 Å². The molecule has 0 bridgehead atoms. The summed E-state index contributed by atoms with van der Waals surface area (Å²) in [4.78, 5) is 8.10. The number of aromatic nitrogens is 2. The van der Waals surface area contributed by atoms with Gasteiger partial charge in [0.05, 0.1) is 17.2 Å². The zero-order chi connectivity index (χ0) is 8.44. The SMILES string of the molecule is N#CC1(Cc2cnccn2)CC1. The molecule has 0 aromatic carbocycles. The van der Waals surface area contributed by atoms with Crippen molar-refractivity contribution in [1.29, 1.82) is 5.26 Å². The highest BCUT2D eigenvalue weighted by atomic mass is 14.8. The molecule has 0 aliphatic heterocycles. The van der Waals surface area contributed by atoms with E-state index in [9.17, 15) is 0 Å². The van der Waals surface area contributed by atoms with Gasteiger partial charge in [-0.15, -0.1) is 0 Å². The lowest BCUT2D eigenvalue weighted by Crippen LogP contribution is -2.03. The van der Waals surface area contributed by atoms with E-state index < -0.39 is 0 Å². The topological polar surface area (TPSA) is 49.6 Å². The van der Waals surface area contributed by atoms with Gasteiger partial charge in [0.1, 0.15) is 0 Å². The molecule has 1 fully saturated rings. The Labute approximate surface area is 71.1 Å². The highest BCUT2D eigenvalue weighted by molar-refractivity contribution is 5.15. The number of nitrogens with zero attached hydrogens (tertiary/aromatic N) is 3. The Kier molecular flexibility index (Phi) is 1.54. The van der Waals surface area contributed by atoms with Crippen LogP contribution in [0.5, 0.6) is 0 Å². The maximum absolute atomic E-state index is 8.82. The number of nitriles is 1. The predicted molar refractivity (Wildman–Crippen MR) is 43.0 cm³/mol. The zero-order valence-electron chi connectivity index (χ0n) is 6.70. The van der Waals surface area contributed by atoms with Gasteiger partial charge < -0.3 is 0 Å². The Morgan fingerprint density at radius 2 is 2.33 bits per heavy atom. The monoisotopic (exact) mass is 159 g/mol. The molecule has 60 valence electrons. The van der Waals surface area contributed by atoms with Crippen molar-refractivity contribution < 1.29 is 0 Å². The van der Waals surface area contributed by atoms with Crippen molar-refractivity contribution >= 4 is 0 Å². The van der Waals surface area contributed by atoms with Crippen LogP contribution in [-0.4, -0.2) is 9.97 Å². The predicted octanol–water partition coefficient (Wildman–Crippen LogP) is 1.32. The Morgan fingerprint density at radius 1 is 1.50 bits per heavy atom. The van der Waals surface area contributed by atoms with E-state index in [0.29, 0.717) is 0 Å². The fourth-order valence-electron chi connectivity index (χ4n) is 1.25. The lowest BCUT2D eigenvalue weighted by molar-refractivity contribution is 0.648. The van der Waals surface area contributed by atoms with Crippen LogP contribution in [0.15, 0.2) is 18.6 Å². The third kappa shape index (κ3) is 1.28. The average molecular weight is 159 g/mol. The first-order valence-corrected chi connectivity index (χ1v) is 4.01. The molecule has 1 saturated carbocycles. The highest BCUT2D eigenvalue weighted by Crippen LogP contribution is 2.47. The van der Waals surface area contributed by atoms with Crippen molar-refractivity contribution in [3.63, 3.8) is 0 Å². The molecule has 1 aromatic rings. The molecule has 1 heterocycles. The molecule has 3 nitrogen and oxygen atoms in total. The van der Waals surface area contributed by atoms with Gasteiger partial charge in [-0.2, -0.15) is 5.26 Å². The van der Waals surface area contributed by atoms with Gasteiger partial charge in [-0.3, -0.25) is 9.97 Å². The van der Waals surface area contributed by atoms with Crippen molar-refractivity contribution in [3.05, 3.63) is 24.3 Å². The second kappa shape index (κ2) is 2.56. The summed E-state index contributed by atoms with van der Waals surface area (Å²) < 4.78 is 0.